The van der Waals surface area contributed by atoms with Gasteiger partial charge in [-0.2, -0.15) is 0 Å². The van der Waals surface area contributed by atoms with Crippen LogP contribution in [0.5, 0.6) is 0 Å². The minimum atomic E-state index is -3.51. The van der Waals surface area contributed by atoms with Crippen LogP contribution in [0, 0.1) is 0 Å². The summed E-state index contributed by atoms with van der Waals surface area (Å²) in [6, 6.07) is 20.9. The van der Waals surface area contributed by atoms with Gasteiger partial charge >= 0.3 is 6.16 Å². The van der Waals surface area contributed by atoms with Crippen molar-refractivity contribution < 1.29 is 23.4 Å². The average Bonchev–Trinajstić information content (AvgIpc) is 3.23. The van der Waals surface area contributed by atoms with E-state index in [1.165, 1.54) is 16.9 Å². The van der Waals surface area contributed by atoms with E-state index in [0.29, 0.717) is 9.23 Å². The summed E-state index contributed by atoms with van der Waals surface area (Å²) >= 11 is 7.44. The Morgan fingerprint density at radius 3 is 2.28 bits per heavy atom. The highest BCUT2D eigenvalue weighted by Crippen LogP contribution is 2.42. The Kier molecular flexibility index (Phi) is 6.59. The Bertz CT molecular complexity index is 1090. The van der Waals surface area contributed by atoms with Crippen LogP contribution in [0.4, 0.5) is 4.79 Å². The highest BCUT2D eigenvalue weighted by molar-refractivity contribution is 7.91. The maximum absolute atomic E-state index is 12.7. The van der Waals surface area contributed by atoms with Gasteiger partial charge in [0.2, 0.25) is 10.0 Å². The summed E-state index contributed by atoms with van der Waals surface area (Å²) in [7, 11) is -3.51. The standard InChI is InChI=1S/C19H16ClNO2S2.CH2O3/c20-16-9-5-4-8-14(16)18-10-11-19(24-18)25(22,23)21-17-12-15(17)13-6-2-1-3-7-13;2-1(3)4/h1-11,15,17,21H,12H2;(H2,2,3,4)/t15-,17+;/m1./s1. The van der Waals surface area contributed by atoms with E-state index >= 15 is 0 Å². The van der Waals surface area contributed by atoms with Crippen molar-refractivity contribution in [1.29, 1.82) is 0 Å². The molecule has 0 radical (unpaired) electrons. The van der Waals surface area contributed by atoms with Crippen LogP contribution in [0.1, 0.15) is 17.9 Å². The van der Waals surface area contributed by atoms with Crippen molar-refractivity contribution in [1.82, 2.24) is 4.72 Å². The molecule has 1 heterocycles. The minimum Gasteiger partial charge on any atom is -0.450 e. The van der Waals surface area contributed by atoms with E-state index in [-0.39, 0.29) is 12.0 Å². The van der Waals surface area contributed by atoms with E-state index in [0.717, 1.165) is 16.9 Å². The number of hydrogen-bond acceptors (Lipinski definition) is 4. The van der Waals surface area contributed by atoms with Gasteiger partial charge in [-0.05, 0) is 30.2 Å². The Morgan fingerprint density at radius 2 is 1.62 bits per heavy atom. The van der Waals surface area contributed by atoms with Gasteiger partial charge in [-0.1, -0.05) is 60.1 Å². The van der Waals surface area contributed by atoms with Crippen LogP contribution in [0.2, 0.25) is 5.02 Å². The molecule has 1 saturated carbocycles. The van der Waals surface area contributed by atoms with Gasteiger partial charge in [0.25, 0.3) is 0 Å². The van der Waals surface area contributed by atoms with E-state index in [1.54, 1.807) is 12.1 Å². The smallest absolute Gasteiger partial charge is 0.450 e. The predicted octanol–water partition coefficient (Wildman–Crippen LogP) is 5.13. The lowest BCUT2D eigenvalue weighted by Crippen LogP contribution is -2.26. The Hall–Kier alpha value is -2.39. The predicted molar refractivity (Wildman–Crippen MR) is 113 cm³/mol. The molecule has 0 saturated heterocycles. The highest BCUT2D eigenvalue weighted by atomic mass is 35.5. The fourth-order valence-electron chi connectivity index (χ4n) is 2.92. The average molecular weight is 452 g/mol. The normalized spacial score (nSPS) is 17.8. The van der Waals surface area contributed by atoms with Crippen LogP contribution in [0.15, 0.2) is 70.9 Å². The SMILES string of the molecule is O=C(O)O.O=S(=O)(N[C@H]1C[C@@H]1c1ccccc1)c1ccc(-c2ccccc2Cl)s1. The van der Waals surface area contributed by atoms with Crippen LogP contribution in [0.3, 0.4) is 0 Å². The van der Waals surface area contributed by atoms with Crippen molar-refractivity contribution in [2.24, 2.45) is 0 Å². The first-order valence-electron chi connectivity index (χ1n) is 8.62. The maximum Gasteiger partial charge on any atom is 0.503 e. The molecule has 152 valence electrons. The van der Waals surface area contributed by atoms with Crippen LogP contribution < -0.4 is 4.72 Å². The minimum absolute atomic E-state index is 0.0294. The molecule has 0 spiro atoms. The zero-order valence-electron chi connectivity index (χ0n) is 15.0. The largest absolute Gasteiger partial charge is 0.503 e. The summed E-state index contributed by atoms with van der Waals surface area (Å²) in [6.07, 6.45) is -0.994. The molecule has 3 aromatic rings. The first-order valence-corrected chi connectivity index (χ1v) is 11.3. The van der Waals surface area contributed by atoms with E-state index in [9.17, 15) is 8.42 Å². The number of rotatable bonds is 5. The van der Waals surface area contributed by atoms with Gasteiger partial charge in [0, 0.05) is 27.4 Å². The van der Waals surface area contributed by atoms with Crippen molar-refractivity contribution in [3.63, 3.8) is 0 Å². The van der Waals surface area contributed by atoms with E-state index in [1.807, 2.05) is 54.6 Å². The first kappa shape index (κ1) is 21.3. The van der Waals surface area contributed by atoms with Crippen LogP contribution in [-0.2, 0) is 10.0 Å². The Labute approximate surface area is 177 Å². The number of hydrogen-bond donors (Lipinski definition) is 3. The molecule has 6 nitrogen and oxygen atoms in total. The maximum atomic E-state index is 12.7. The van der Waals surface area contributed by atoms with Crippen molar-refractivity contribution in [2.45, 2.75) is 22.6 Å². The number of benzene rings is 2. The lowest BCUT2D eigenvalue weighted by molar-refractivity contribution is 0.137. The van der Waals surface area contributed by atoms with E-state index < -0.39 is 16.2 Å². The molecular weight excluding hydrogens is 434 g/mol. The van der Waals surface area contributed by atoms with Crippen molar-refractivity contribution in [2.75, 3.05) is 0 Å². The van der Waals surface area contributed by atoms with Crippen molar-refractivity contribution >= 4 is 39.1 Å². The molecule has 1 aromatic heterocycles. The first-order chi connectivity index (χ1) is 13.8. The lowest BCUT2D eigenvalue weighted by Gasteiger charge is -2.04. The number of carboxylic acid groups (broad SMARTS) is 2. The summed E-state index contributed by atoms with van der Waals surface area (Å²) in [4.78, 5) is 9.40. The molecule has 9 heteroatoms. The lowest BCUT2D eigenvalue weighted by atomic mass is 10.1. The molecule has 0 unspecified atom stereocenters. The van der Waals surface area contributed by atoms with Crippen LogP contribution in [0.25, 0.3) is 10.4 Å². The third-order valence-corrected chi connectivity index (χ3v) is 7.74. The second-order valence-corrected chi connectivity index (χ2v) is 9.79. The molecule has 0 amide bonds. The summed E-state index contributed by atoms with van der Waals surface area (Å²) in [6.45, 7) is 0. The van der Waals surface area contributed by atoms with Crippen LogP contribution in [-0.4, -0.2) is 30.8 Å². The number of thiophene rings is 1. The van der Waals surface area contributed by atoms with E-state index in [2.05, 4.69) is 4.72 Å². The van der Waals surface area contributed by atoms with Gasteiger partial charge in [0.15, 0.2) is 0 Å². The number of halogens is 1. The topological polar surface area (TPSA) is 104 Å². The molecule has 1 fully saturated rings. The van der Waals surface area contributed by atoms with Crippen molar-refractivity contribution in [3.8, 4) is 10.4 Å². The van der Waals surface area contributed by atoms with Gasteiger partial charge in [-0.15, -0.1) is 11.3 Å². The van der Waals surface area contributed by atoms with Gasteiger partial charge in [0.1, 0.15) is 4.21 Å². The monoisotopic (exact) mass is 451 g/mol. The summed E-state index contributed by atoms with van der Waals surface area (Å²) in [5.74, 6) is 0.263. The molecule has 3 N–H and O–H groups in total. The van der Waals surface area contributed by atoms with Gasteiger partial charge in [0.05, 0.1) is 0 Å². The van der Waals surface area contributed by atoms with Gasteiger partial charge in [-0.25, -0.2) is 17.9 Å². The second kappa shape index (κ2) is 8.96. The molecule has 1 aliphatic rings. The fraction of sp³-hybridized carbons (Fsp3) is 0.150. The molecule has 0 bridgehead atoms. The molecular formula is C20H18ClNO5S2. The Morgan fingerprint density at radius 1 is 1.00 bits per heavy atom. The van der Waals surface area contributed by atoms with Crippen molar-refractivity contribution in [3.05, 3.63) is 77.3 Å². The third-order valence-electron chi connectivity index (χ3n) is 4.31. The molecule has 0 aliphatic heterocycles. The second-order valence-electron chi connectivity index (χ2n) is 6.36. The zero-order chi connectivity index (χ0) is 21.0. The summed E-state index contributed by atoms with van der Waals surface area (Å²) in [5.41, 5.74) is 2.03. The third kappa shape index (κ3) is 5.57. The molecule has 1 aliphatic carbocycles. The number of sulfonamides is 1. The molecule has 4 rings (SSSR count). The highest BCUT2D eigenvalue weighted by Gasteiger charge is 2.41. The van der Waals surface area contributed by atoms with Gasteiger partial charge < -0.3 is 10.2 Å². The van der Waals surface area contributed by atoms with Crippen LogP contribution >= 0.6 is 22.9 Å². The molecule has 2 atom stereocenters. The van der Waals surface area contributed by atoms with E-state index in [4.69, 9.17) is 26.6 Å². The summed E-state index contributed by atoms with van der Waals surface area (Å²) in [5, 5.41) is 14.6. The van der Waals surface area contributed by atoms with Gasteiger partial charge in [-0.3, -0.25) is 0 Å². The zero-order valence-corrected chi connectivity index (χ0v) is 17.4. The number of nitrogens with one attached hydrogen (secondary N) is 1. The quantitative estimate of drug-likeness (QED) is 0.499. The fourth-order valence-corrected chi connectivity index (χ4v) is 5.87. The molecule has 29 heavy (non-hydrogen) atoms. The molecule has 2 aromatic carbocycles. The number of carbonyl (C=O) groups is 1. The Balaban J connectivity index is 0.000000552. The summed E-state index contributed by atoms with van der Waals surface area (Å²) < 4.78 is 28.5.